The summed E-state index contributed by atoms with van der Waals surface area (Å²) in [6, 6.07) is -2.02. The molecule has 0 unspecified atom stereocenters. The Hall–Kier alpha value is -1.77. The van der Waals surface area contributed by atoms with Crippen molar-refractivity contribution in [1.82, 2.24) is 4.90 Å². The minimum atomic E-state index is -4.69. The van der Waals surface area contributed by atoms with Gasteiger partial charge in [0, 0.05) is 18.2 Å². The number of likely N-dealkylation sites (tertiary alicyclic amines) is 1. The molecule has 2 atom stereocenters. The Bertz CT molecular complexity index is 565. The van der Waals surface area contributed by atoms with Crippen LogP contribution in [0.1, 0.15) is 23.2 Å². The van der Waals surface area contributed by atoms with Crippen molar-refractivity contribution in [3.05, 3.63) is 35.1 Å². The maximum Gasteiger partial charge on any atom is 0.408 e. The summed E-state index contributed by atoms with van der Waals surface area (Å²) in [5.74, 6) is -6.32. The molecule has 1 aliphatic heterocycles. The molecule has 122 valence electrons. The molecule has 1 heterocycles. The molecular formula is C13H12F6N2O. The van der Waals surface area contributed by atoms with Crippen LogP contribution in [-0.4, -0.2) is 35.6 Å². The number of nitrogens with two attached hydrogens (primary N) is 1. The van der Waals surface area contributed by atoms with Gasteiger partial charge in [0.25, 0.3) is 5.91 Å². The van der Waals surface area contributed by atoms with E-state index in [0.29, 0.717) is 17.0 Å². The number of halogens is 6. The highest BCUT2D eigenvalue weighted by Gasteiger charge is 2.47. The van der Waals surface area contributed by atoms with E-state index < -0.39 is 60.1 Å². The lowest BCUT2D eigenvalue weighted by atomic mass is 9.97. The zero-order chi connectivity index (χ0) is 16.7. The van der Waals surface area contributed by atoms with Gasteiger partial charge < -0.3 is 10.6 Å². The molecular weight excluding hydrogens is 314 g/mol. The largest absolute Gasteiger partial charge is 0.408 e. The number of hydrogen-bond acceptors (Lipinski definition) is 2. The molecule has 0 bridgehead atoms. The monoisotopic (exact) mass is 326 g/mol. The SMILES string of the molecule is N[C@H]1CC[C@H](C(F)(F)F)N(C(=O)c2cc(F)c(F)c(F)c2)C1. The number of amides is 1. The summed E-state index contributed by atoms with van der Waals surface area (Å²) in [4.78, 5) is 12.6. The molecule has 2 rings (SSSR count). The van der Waals surface area contributed by atoms with Crippen molar-refractivity contribution in [2.24, 2.45) is 5.73 Å². The number of benzene rings is 1. The van der Waals surface area contributed by atoms with Crippen LogP contribution in [0.25, 0.3) is 0 Å². The molecule has 0 radical (unpaired) electrons. The van der Waals surface area contributed by atoms with Gasteiger partial charge in [-0.25, -0.2) is 13.2 Å². The van der Waals surface area contributed by atoms with Gasteiger partial charge in [0.15, 0.2) is 17.5 Å². The second-order valence-electron chi connectivity index (χ2n) is 5.11. The first kappa shape index (κ1) is 16.6. The predicted molar refractivity (Wildman–Crippen MR) is 64.4 cm³/mol. The average Bonchev–Trinajstić information content (AvgIpc) is 2.42. The summed E-state index contributed by atoms with van der Waals surface area (Å²) in [5, 5.41) is 0. The van der Waals surface area contributed by atoms with E-state index in [-0.39, 0.29) is 6.42 Å². The van der Waals surface area contributed by atoms with Crippen LogP contribution < -0.4 is 5.73 Å². The first-order valence-electron chi connectivity index (χ1n) is 6.39. The topological polar surface area (TPSA) is 46.3 Å². The number of nitrogens with zero attached hydrogens (tertiary/aromatic N) is 1. The van der Waals surface area contributed by atoms with Crippen LogP contribution >= 0.6 is 0 Å². The van der Waals surface area contributed by atoms with E-state index >= 15 is 0 Å². The summed E-state index contributed by atoms with van der Waals surface area (Å²) < 4.78 is 78.1. The normalized spacial score (nSPS) is 22.8. The van der Waals surface area contributed by atoms with Gasteiger partial charge in [0.2, 0.25) is 0 Å². The van der Waals surface area contributed by atoms with E-state index in [0.717, 1.165) is 0 Å². The molecule has 9 heteroatoms. The summed E-state index contributed by atoms with van der Waals surface area (Å²) in [6.07, 6.45) is -5.02. The molecule has 1 amide bonds. The van der Waals surface area contributed by atoms with E-state index in [2.05, 4.69) is 0 Å². The van der Waals surface area contributed by atoms with Crippen LogP contribution in [-0.2, 0) is 0 Å². The van der Waals surface area contributed by atoms with Gasteiger partial charge in [-0.1, -0.05) is 0 Å². The van der Waals surface area contributed by atoms with Crippen molar-refractivity contribution >= 4 is 5.91 Å². The van der Waals surface area contributed by atoms with Gasteiger partial charge >= 0.3 is 6.18 Å². The molecule has 0 aromatic heterocycles. The summed E-state index contributed by atoms with van der Waals surface area (Å²) in [7, 11) is 0. The van der Waals surface area contributed by atoms with E-state index in [1.54, 1.807) is 0 Å². The van der Waals surface area contributed by atoms with E-state index in [1.165, 1.54) is 0 Å². The summed E-state index contributed by atoms with van der Waals surface area (Å²) >= 11 is 0. The number of alkyl halides is 3. The third-order valence-corrected chi connectivity index (χ3v) is 3.49. The minimum absolute atomic E-state index is 0.0695. The predicted octanol–water partition coefficient (Wildman–Crippen LogP) is 2.60. The van der Waals surface area contributed by atoms with E-state index in [4.69, 9.17) is 5.73 Å². The molecule has 1 aliphatic rings. The van der Waals surface area contributed by atoms with Crippen LogP contribution in [0.3, 0.4) is 0 Å². The first-order valence-corrected chi connectivity index (χ1v) is 6.39. The molecule has 1 saturated heterocycles. The standard InChI is InChI=1S/C13H12F6N2O/c14-8-3-6(4-9(15)11(8)16)12(22)21-5-7(20)1-2-10(21)13(17,18)19/h3-4,7,10H,1-2,5,20H2/t7-,10+/m0/s1. The van der Waals surface area contributed by atoms with Crippen molar-refractivity contribution in [2.45, 2.75) is 31.1 Å². The van der Waals surface area contributed by atoms with Crippen molar-refractivity contribution < 1.29 is 31.1 Å². The maximum absolute atomic E-state index is 13.1. The lowest BCUT2D eigenvalue weighted by molar-refractivity contribution is -0.184. The van der Waals surface area contributed by atoms with Gasteiger partial charge in [0.05, 0.1) is 0 Å². The highest BCUT2D eigenvalue weighted by Crippen LogP contribution is 2.32. The number of piperidine rings is 1. The van der Waals surface area contributed by atoms with E-state index in [9.17, 15) is 31.1 Å². The number of rotatable bonds is 1. The quantitative estimate of drug-likeness (QED) is 0.637. The van der Waals surface area contributed by atoms with Gasteiger partial charge in [-0.3, -0.25) is 4.79 Å². The van der Waals surface area contributed by atoms with Crippen LogP contribution in [0.15, 0.2) is 12.1 Å². The summed E-state index contributed by atoms with van der Waals surface area (Å²) in [5.41, 5.74) is 4.87. The fraction of sp³-hybridized carbons (Fsp3) is 0.462. The van der Waals surface area contributed by atoms with Crippen LogP contribution in [0.2, 0.25) is 0 Å². The van der Waals surface area contributed by atoms with Gasteiger partial charge in [-0.05, 0) is 25.0 Å². The number of carbonyl (C=O) groups excluding carboxylic acids is 1. The Kier molecular flexibility index (Phi) is 4.37. The highest BCUT2D eigenvalue weighted by atomic mass is 19.4. The molecule has 22 heavy (non-hydrogen) atoms. The lowest BCUT2D eigenvalue weighted by Gasteiger charge is -2.39. The summed E-state index contributed by atoms with van der Waals surface area (Å²) in [6.45, 7) is -0.399. The molecule has 1 aromatic carbocycles. The van der Waals surface area contributed by atoms with Crippen molar-refractivity contribution in [3.63, 3.8) is 0 Å². The molecule has 0 saturated carbocycles. The Morgan fingerprint density at radius 2 is 1.68 bits per heavy atom. The highest BCUT2D eigenvalue weighted by molar-refractivity contribution is 5.94. The maximum atomic E-state index is 13.1. The number of carbonyl (C=O) groups is 1. The van der Waals surface area contributed by atoms with Gasteiger partial charge in [-0.15, -0.1) is 0 Å². The lowest BCUT2D eigenvalue weighted by Crippen LogP contribution is -2.56. The van der Waals surface area contributed by atoms with Crippen molar-refractivity contribution in [1.29, 1.82) is 0 Å². The van der Waals surface area contributed by atoms with Crippen LogP contribution in [0.4, 0.5) is 26.3 Å². The molecule has 0 aliphatic carbocycles. The average molecular weight is 326 g/mol. The van der Waals surface area contributed by atoms with Crippen LogP contribution in [0.5, 0.6) is 0 Å². The zero-order valence-electron chi connectivity index (χ0n) is 11.1. The minimum Gasteiger partial charge on any atom is -0.326 e. The smallest absolute Gasteiger partial charge is 0.326 e. The van der Waals surface area contributed by atoms with Gasteiger partial charge in [0.1, 0.15) is 6.04 Å². The molecule has 0 spiro atoms. The third kappa shape index (κ3) is 3.18. The van der Waals surface area contributed by atoms with Crippen molar-refractivity contribution in [3.8, 4) is 0 Å². The van der Waals surface area contributed by atoms with Gasteiger partial charge in [-0.2, -0.15) is 13.2 Å². The molecule has 2 N–H and O–H groups in total. The Labute approximate surface area is 121 Å². The third-order valence-electron chi connectivity index (χ3n) is 3.49. The van der Waals surface area contributed by atoms with E-state index in [1.807, 2.05) is 0 Å². The second kappa shape index (κ2) is 5.79. The Balaban J connectivity index is 2.36. The molecule has 3 nitrogen and oxygen atoms in total. The zero-order valence-corrected chi connectivity index (χ0v) is 11.1. The Morgan fingerprint density at radius 3 is 2.18 bits per heavy atom. The number of hydrogen-bond donors (Lipinski definition) is 1. The molecule has 1 aromatic rings. The first-order chi connectivity index (χ1) is 10.1. The molecule has 1 fully saturated rings. The fourth-order valence-electron chi connectivity index (χ4n) is 2.41. The second-order valence-corrected chi connectivity index (χ2v) is 5.11. The fourth-order valence-corrected chi connectivity index (χ4v) is 2.41. The van der Waals surface area contributed by atoms with Crippen molar-refractivity contribution in [2.75, 3.05) is 6.54 Å². The van der Waals surface area contributed by atoms with Crippen LogP contribution in [0, 0.1) is 17.5 Å². The Morgan fingerprint density at radius 1 is 1.14 bits per heavy atom.